The Labute approximate surface area is 92.1 Å². The lowest BCUT2D eigenvalue weighted by Crippen LogP contribution is -2.01. The molecule has 0 aliphatic rings. The second-order valence-corrected chi connectivity index (χ2v) is 3.68. The van der Waals surface area contributed by atoms with Gasteiger partial charge in [0.1, 0.15) is 5.82 Å². The van der Waals surface area contributed by atoms with E-state index in [1.165, 1.54) is 6.07 Å². The van der Waals surface area contributed by atoms with Crippen LogP contribution in [0, 0.1) is 5.82 Å². The number of hydrogen-bond acceptors (Lipinski definition) is 1. The van der Waals surface area contributed by atoms with Crippen LogP contribution >= 0.6 is 0 Å². The molecule has 4 heteroatoms. The number of rotatable bonds is 4. The van der Waals surface area contributed by atoms with E-state index in [0.29, 0.717) is 18.5 Å². The van der Waals surface area contributed by atoms with Crippen LogP contribution in [0.4, 0.5) is 4.39 Å². The lowest BCUT2D eigenvalue weighted by atomic mass is 10.2. The van der Waals surface area contributed by atoms with Crippen LogP contribution in [0.15, 0.2) is 30.5 Å². The maximum atomic E-state index is 13.5. The normalized spacial score (nSPS) is 10.8. The summed E-state index contributed by atoms with van der Waals surface area (Å²) in [6, 6.07) is 6.75. The van der Waals surface area contributed by atoms with Gasteiger partial charge in [0.2, 0.25) is 0 Å². The quantitative estimate of drug-likeness (QED) is 0.862. The van der Waals surface area contributed by atoms with Crippen molar-refractivity contribution >= 4 is 16.9 Å². The minimum Gasteiger partial charge on any atom is -0.481 e. The molecule has 0 bridgehead atoms. The zero-order valence-corrected chi connectivity index (χ0v) is 8.69. The summed E-state index contributed by atoms with van der Waals surface area (Å²) in [6.45, 7) is 0.525. The predicted molar refractivity (Wildman–Crippen MR) is 58.8 cm³/mol. The average molecular weight is 221 g/mol. The molecular formula is C12H12FNO2. The number of benzene rings is 1. The maximum Gasteiger partial charge on any atom is 0.303 e. The van der Waals surface area contributed by atoms with Gasteiger partial charge in [-0.25, -0.2) is 4.39 Å². The molecular weight excluding hydrogens is 209 g/mol. The van der Waals surface area contributed by atoms with Crippen LogP contribution in [-0.2, 0) is 11.3 Å². The highest BCUT2D eigenvalue weighted by atomic mass is 19.1. The summed E-state index contributed by atoms with van der Waals surface area (Å²) in [6.07, 6.45) is 2.40. The van der Waals surface area contributed by atoms with Crippen molar-refractivity contribution in [2.75, 3.05) is 0 Å². The smallest absolute Gasteiger partial charge is 0.303 e. The molecule has 0 unspecified atom stereocenters. The number of carboxylic acid groups (broad SMARTS) is 1. The van der Waals surface area contributed by atoms with Gasteiger partial charge in [-0.1, -0.05) is 12.1 Å². The van der Waals surface area contributed by atoms with Gasteiger partial charge in [-0.2, -0.15) is 0 Å². The molecule has 0 atom stereocenters. The number of aliphatic carboxylic acids is 1. The summed E-state index contributed by atoms with van der Waals surface area (Å²) < 4.78 is 15.3. The minimum atomic E-state index is -0.822. The van der Waals surface area contributed by atoms with E-state index < -0.39 is 5.97 Å². The van der Waals surface area contributed by atoms with Crippen LogP contribution in [0.1, 0.15) is 12.8 Å². The number of nitrogens with zero attached hydrogens (tertiary/aromatic N) is 1. The molecule has 2 rings (SSSR count). The van der Waals surface area contributed by atoms with Crippen molar-refractivity contribution in [2.24, 2.45) is 0 Å². The molecule has 0 aliphatic heterocycles. The average Bonchev–Trinajstić information content (AvgIpc) is 2.62. The standard InChI is InChI=1S/C12H12FNO2/c13-10-4-1-3-9-6-8-14(12(9)10)7-2-5-11(15)16/h1,3-4,6,8H,2,5,7H2,(H,15,16). The molecule has 1 N–H and O–H groups in total. The van der Waals surface area contributed by atoms with Crippen molar-refractivity contribution in [1.82, 2.24) is 4.57 Å². The van der Waals surface area contributed by atoms with E-state index >= 15 is 0 Å². The van der Waals surface area contributed by atoms with Crippen molar-refractivity contribution in [3.63, 3.8) is 0 Å². The molecule has 0 radical (unpaired) electrons. The second kappa shape index (κ2) is 4.35. The molecule has 3 nitrogen and oxygen atoms in total. The fraction of sp³-hybridized carbons (Fsp3) is 0.250. The number of para-hydroxylation sites is 1. The summed E-state index contributed by atoms with van der Waals surface area (Å²) in [5.74, 6) is -1.09. The van der Waals surface area contributed by atoms with Gasteiger partial charge in [0.05, 0.1) is 5.52 Å². The van der Waals surface area contributed by atoms with E-state index in [1.54, 1.807) is 16.8 Å². The molecule has 0 saturated carbocycles. The van der Waals surface area contributed by atoms with Gasteiger partial charge >= 0.3 is 5.97 Å². The Morgan fingerprint density at radius 2 is 2.19 bits per heavy atom. The number of aryl methyl sites for hydroxylation is 1. The summed E-state index contributed by atoms with van der Waals surface area (Å²) in [4.78, 5) is 10.4. The molecule has 0 saturated heterocycles. The number of carbonyl (C=O) groups is 1. The molecule has 1 heterocycles. The van der Waals surface area contributed by atoms with E-state index in [2.05, 4.69) is 0 Å². The SMILES string of the molecule is O=C(O)CCCn1ccc2cccc(F)c21. The number of fused-ring (bicyclic) bond motifs is 1. The molecule has 1 aromatic carbocycles. The van der Waals surface area contributed by atoms with Crippen molar-refractivity contribution in [2.45, 2.75) is 19.4 Å². The van der Waals surface area contributed by atoms with E-state index in [-0.39, 0.29) is 12.2 Å². The number of carboxylic acids is 1. The van der Waals surface area contributed by atoms with E-state index in [9.17, 15) is 9.18 Å². The Hall–Kier alpha value is -1.84. The highest BCUT2D eigenvalue weighted by Crippen LogP contribution is 2.19. The molecule has 0 fully saturated rings. The second-order valence-electron chi connectivity index (χ2n) is 3.68. The van der Waals surface area contributed by atoms with Gasteiger partial charge in [-0.15, -0.1) is 0 Å². The van der Waals surface area contributed by atoms with Gasteiger partial charge in [0.15, 0.2) is 0 Å². The third-order valence-corrected chi connectivity index (χ3v) is 2.53. The summed E-state index contributed by atoms with van der Waals surface area (Å²) >= 11 is 0. The van der Waals surface area contributed by atoms with Crippen LogP contribution in [0.25, 0.3) is 10.9 Å². The lowest BCUT2D eigenvalue weighted by molar-refractivity contribution is -0.137. The van der Waals surface area contributed by atoms with Gasteiger partial charge in [-0.3, -0.25) is 4.79 Å². The highest BCUT2D eigenvalue weighted by Gasteiger charge is 2.06. The highest BCUT2D eigenvalue weighted by molar-refractivity contribution is 5.80. The first-order valence-corrected chi connectivity index (χ1v) is 5.13. The minimum absolute atomic E-state index is 0.105. The van der Waals surface area contributed by atoms with Gasteiger partial charge in [0.25, 0.3) is 0 Å². The van der Waals surface area contributed by atoms with Crippen LogP contribution in [0.2, 0.25) is 0 Å². The van der Waals surface area contributed by atoms with Crippen LogP contribution in [0.3, 0.4) is 0 Å². The molecule has 16 heavy (non-hydrogen) atoms. The fourth-order valence-electron chi connectivity index (χ4n) is 1.80. The summed E-state index contributed by atoms with van der Waals surface area (Å²) in [7, 11) is 0. The molecule has 2 aromatic rings. The van der Waals surface area contributed by atoms with Crippen molar-refractivity contribution in [3.05, 3.63) is 36.3 Å². The van der Waals surface area contributed by atoms with Crippen molar-refractivity contribution in [3.8, 4) is 0 Å². The number of halogens is 1. The van der Waals surface area contributed by atoms with Gasteiger partial charge in [0, 0.05) is 24.5 Å². The molecule has 0 amide bonds. The number of aromatic nitrogens is 1. The molecule has 0 aliphatic carbocycles. The first-order valence-electron chi connectivity index (χ1n) is 5.13. The Bertz CT molecular complexity index is 519. The number of hydrogen-bond donors (Lipinski definition) is 1. The molecule has 0 spiro atoms. The van der Waals surface area contributed by atoms with E-state index in [1.807, 2.05) is 12.1 Å². The monoisotopic (exact) mass is 221 g/mol. The zero-order chi connectivity index (χ0) is 11.5. The maximum absolute atomic E-state index is 13.5. The van der Waals surface area contributed by atoms with Crippen molar-refractivity contribution < 1.29 is 14.3 Å². The van der Waals surface area contributed by atoms with E-state index in [4.69, 9.17) is 5.11 Å². The van der Waals surface area contributed by atoms with Crippen molar-refractivity contribution in [1.29, 1.82) is 0 Å². The first-order chi connectivity index (χ1) is 7.68. The Morgan fingerprint density at radius 1 is 1.38 bits per heavy atom. The largest absolute Gasteiger partial charge is 0.481 e. The fourth-order valence-corrected chi connectivity index (χ4v) is 1.80. The van der Waals surface area contributed by atoms with Crippen LogP contribution in [-0.4, -0.2) is 15.6 Å². The molecule has 1 aromatic heterocycles. The Kier molecular flexibility index (Phi) is 2.90. The first kappa shape index (κ1) is 10.7. The third-order valence-electron chi connectivity index (χ3n) is 2.53. The lowest BCUT2D eigenvalue weighted by Gasteiger charge is -2.04. The van der Waals surface area contributed by atoms with E-state index in [0.717, 1.165) is 5.39 Å². The Balaban J connectivity index is 2.21. The van der Waals surface area contributed by atoms with Gasteiger partial charge < -0.3 is 9.67 Å². The van der Waals surface area contributed by atoms with Crippen LogP contribution in [0.5, 0.6) is 0 Å². The zero-order valence-electron chi connectivity index (χ0n) is 8.69. The van der Waals surface area contributed by atoms with Gasteiger partial charge in [-0.05, 0) is 18.6 Å². The summed E-state index contributed by atoms with van der Waals surface area (Å²) in [5, 5.41) is 9.37. The molecule has 84 valence electrons. The van der Waals surface area contributed by atoms with Crippen LogP contribution < -0.4 is 0 Å². The third kappa shape index (κ3) is 2.05. The topological polar surface area (TPSA) is 42.2 Å². The Morgan fingerprint density at radius 3 is 2.94 bits per heavy atom. The summed E-state index contributed by atoms with van der Waals surface area (Å²) in [5.41, 5.74) is 0.549. The predicted octanol–water partition coefficient (Wildman–Crippen LogP) is 2.65.